The van der Waals surface area contributed by atoms with Gasteiger partial charge in [-0.2, -0.15) is 0 Å². The molecule has 0 bridgehead atoms. The number of aromatic nitrogens is 1. The third kappa shape index (κ3) is 3.27. The van der Waals surface area contributed by atoms with Crippen molar-refractivity contribution in [1.82, 2.24) is 10.3 Å². The summed E-state index contributed by atoms with van der Waals surface area (Å²) in [6.07, 6.45) is 0. The lowest BCUT2D eigenvalue weighted by atomic mass is 10.1. The van der Waals surface area contributed by atoms with E-state index in [2.05, 4.69) is 24.1 Å². The van der Waals surface area contributed by atoms with E-state index in [4.69, 9.17) is 4.74 Å². The molecule has 2 N–H and O–H groups in total. The molecule has 1 aromatic carbocycles. The second-order valence-corrected chi connectivity index (χ2v) is 4.96. The minimum atomic E-state index is -0.0680. The van der Waals surface area contributed by atoms with Gasteiger partial charge in [-0.05, 0) is 18.2 Å². The SMILES string of the molecule is COc1ccccc1-c1ccc(CNC(C)C)c(=O)[nH]1. The van der Waals surface area contributed by atoms with Crippen LogP contribution in [-0.2, 0) is 6.54 Å². The number of hydrogen-bond acceptors (Lipinski definition) is 3. The molecule has 4 heteroatoms. The first-order chi connectivity index (χ1) is 9.61. The van der Waals surface area contributed by atoms with Crippen LogP contribution in [0.3, 0.4) is 0 Å². The van der Waals surface area contributed by atoms with Crippen molar-refractivity contribution in [3.63, 3.8) is 0 Å². The van der Waals surface area contributed by atoms with Gasteiger partial charge < -0.3 is 15.0 Å². The van der Waals surface area contributed by atoms with Crippen LogP contribution in [0.25, 0.3) is 11.3 Å². The average Bonchev–Trinajstić information content (AvgIpc) is 2.45. The zero-order valence-electron chi connectivity index (χ0n) is 12.1. The summed E-state index contributed by atoms with van der Waals surface area (Å²) < 4.78 is 5.31. The minimum Gasteiger partial charge on any atom is -0.496 e. The molecule has 0 atom stereocenters. The van der Waals surface area contributed by atoms with E-state index in [-0.39, 0.29) is 5.56 Å². The summed E-state index contributed by atoms with van der Waals surface area (Å²) in [6, 6.07) is 11.7. The lowest BCUT2D eigenvalue weighted by Crippen LogP contribution is -2.26. The Bertz CT molecular complexity index is 632. The maximum atomic E-state index is 12.1. The molecular formula is C16H20N2O2. The summed E-state index contributed by atoms with van der Waals surface area (Å²) in [4.78, 5) is 15.0. The Kier molecular flexibility index (Phi) is 4.58. The Morgan fingerprint density at radius 2 is 1.95 bits per heavy atom. The number of H-pyrrole nitrogens is 1. The van der Waals surface area contributed by atoms with E-state index in [9.17, 15) is 4.79 Å². The van der Waals surface area contributed by atoms with Crippen LogP contribution in [0.5, 0.6) is 5.75 Å². The van der Waals surface area contributed by atoms with Crippen LogP contribution in [0.1, 0.15) is 19.4 Å². The predicted molar refractivity (Wildman–Crippen MR) is 81.0 cm³/mol. The first-order valence-corrected chi connectivity index (χ1v) is 6.71. The Hall–Kier alpha value is -2.07. The van der Waals surface area contributed by atoms with Crippen molar-refractivity contribution in [3.05, 3.63) is 52.3 Å². The molecule has 0 saturated heterocycles. The number of nitrogens with one attached hydrogen (secondary N) is 2. The molecule has 0 radical (unpaired) electrons. The van der Waals surface area contributed by atoms with Crippen LogP contribution in [0, 0.1) is 0 Å². The van der Waals surface area contributed by atoms with Crippen LogP contribution >= 0.6 is 0 Å². The van der Waals surface area contributed by atoms with Crippen LogP contribution in [0.2, 0.25) is 0 Å². The lowest BCUT2D eigenvalue weighted by Gasteiger charge is -2.10. The van der Waals surface area contributed by atoms with Gasteiger partial charge in [-0.3, -0.25) is 4.79 Å². The largest absolute Gasteiger partial charge is 0.496 e. The molecule has 0 fully saturated rings. The Balaban J connectivity index is 2.31. The quantitative estimate of drug-likeness (QED) is 0.879. The minimum absolute atomic E-state index is 0.0680. The average molecular weight is 272 g/mol. The van der Waals surface area contributed by atoms with E-state index in [1.165, 1.54) is 0 Å². The van der Waals surface area contributed by atoms with Gasteiger partial charge in [-0.15, -0.1) is 0 Å². The zero-order valence-corrected chi connectivity index (χ0v) is 12.1. The number of benzene rings is 1. The van der Waals surface area contributed by atoms with Gasteiger partial charge in [0.05, 0.1) is 12.8 Å². The molecule has 0 saturated carbocycles. The van der Waals surface area contributed by atoms with Crippen molar-refractivity contribution in [1.29, 1.82) is 0 Å². The summed E-state index contributed by atoms with van der Waals surface area (Å²) >= 11 is 0. The fourth-order valence-electron chi connectivity index (χ4n) is 1.98. The van der Waals surface area contributed by atoms with Gasteiger partial charge in [-0.1, -0.05) is 32.0 Å². The molecule has 0 amide bonds. The first kappa shape index (κ1) is 14.3. The predicted octanol–water partition coefficient (Wildman–Crippen LogP) is 2.55. The van der Waals surface area contributed by atoms with Gasteiger partial charge in [0.1, 0.15) is 5.75 Å². The van der Waals surface area contributed by atoms with Gasteiger partial charge in [0.15, 0.2) is 0 Å². The van der Waals surface area contributed by atoms with E-state index >= 15 is 0 Å². The van der Waals surface area contributed by atoms with E-state index in [0.29, 0.717) is 12.6 Å². The molecule has 1 aromatic heterocycles. The van der Waals surface area contributed by atoms with Gasteiger partial charge in [0.25, 0.3) is 5.56 Å². The van der Waals surface area contributed by atoms with E-state index in [1.807, 2.05) is 36.4 Å². The van der Waals surface area contributed by atoms with Crippen molar-refractivity contribution in [2.24, 2.45) is 0 Å². The second kappa shape index (κ2) is 6.39. The molecule has 4 nitrogen and oxygen atoms in total. The molecule has 0 spiro atoms. The number of methoxy groups -OCH3 is 1. The van der Waals surface area contributed by atoms with Gasteiger partial charge in [0, 0.05) is 23.7 Å². The Morgan fingerprint density at radius 1 is 1.20 bits per heavy atom. The monoisotopic (exact) mass is 272 g/mol. The summed E-state index contributed by atoms with van der Waals surface area (Å²) in [6.45, 7) is 4.67. The zero-order chi connectivity index (χ0) is 14.5. The molecule has 20 heavy (non-hydrogen) atoms. The smallest absolute Gasteiger partial charge is 0.252 e. The number of aromatic amines is 1. The summed E-state index contributed by atoms with van der Waals surface area (Å²) in [5.74, 6) is 0.746. The highest BCUT2D eigenvalue weighted by molar-refractivity contribution is 5.66. The van der Waals surface area contributed by atoms with E-state index in [0.717, 1.165) is 22.6 Å². The fourth-order valence-corrected chi connectivity index (χ4v) is 1.98. The van der Waals surface area contributed by atoms with Gasteiger partial charge in [-0.25, -0.2) is 0 Å². The number of pyridine rings is 1. The Labute approximate surface area is 118 Å². The van der Waals surface area contributed by atoms with Crippen LogP contribution < -0.4 is 15.6 Å². The number of rotatable bonds is 5. The van der Waals surface area contributed by atoms with Gasteiger partial charge >= 0.3 is 0 Å². The van der Waals surface area contributed by atoms with E-state index in [1.54, 1.807) is 7.11 Å². The molecule has 106 valence electrons. The molecule has 2 aromatic rings. The lowest BCUT2D eigenvalue weighted by molar-refractivity contribution is 0.416. The van der Waals surface area contributed by atoms with Crippen molar-refractivity contribution < 1.29 is 4.74 Å². The van der Waals surface area contributed by atoms with Crippen LogP contribution in [0.4, 0.5) is 0 Å². The maximum Gasteiger partial charge on any atom is 0.252 e. The van der Waals surface area contributed by atoms with Crippen molar-refractivity contribution >= 4 is 0 Å². The normalized spacial score (nSPS) is 10.8. The Morgan fingerprint density at radius 3 is 2.60 bits per heavy atom. The number of hydrogen-bond donors (Lipinski definition) is 2. The van der Waals surface area contributed by atoms with Crippen molar-refractivity contribution in [2.75, 3.05) is 7.11 Å². The molecule has 0 aliphatic rings. The molecule has 0 aliphatic carbocycles. The number of ether oxygens (including phenoxy) is 1. The third-order valence-electron chi connectivity index (χ3n) is 3.09. The van der Waals surface area contributed by atoms with Crippen molar-refractivity contribution in [3.8, 4) is 17.0 Å². The molecule has 1 heterocycles. The van der Waals surface area contributed by atoms with Crippen LogP contribution in [0.15, 0.2) is 41.2 Å². The van der Waals surface area contributed by atoms with Crippen molar-refractivity contribution in [2.45, 2.75) is 26.4 Å². The summed E-state index contributed by atoms with van der Waals surface area (Å²) in [7, 11) is 1.62. The fraction of sp³-hybridized carbons (Fsp3) is 0.312. The highest BCUT2D eigenvalue weighted by Gasteiger charge is 2.07. The highest BCUT2D eigenvalue weighted by atomic mass is 16.5. The molecular weight excluding hydrogens is 252 g/mol. The second-order valence-electron chi connectivity index (χ2n) is 4.96. The highest BCUT2D eigenvalue weighted by Crippen LogP contribution is 2.27. The summed E-state index contributed by atoms with van der Waals surface area (Å²) in [5, 5.41) is 3.24. The topological polar surface area (TPSA) is 54.1 Å². The molecule has 0 unspecified atom stereocenters. The molecule has 0 aliphatic heterocycles. The number of para-hydroxylation sites is 1. The van der Waals surface area contributed by atoms with E-state index < -0.39 is 0 Å². The maximum absolute atomic E-state index is 12.1. The molecule has 2 rings (SSSR count). The standard InChI is InChI=1S/C16H20N2O2/c1-11(2)17-10-12-8-9-14(18-16(12)19)13-6-4-5-7-15(13)20-3/h4-9,11,17H,10H2,1-3H3,(H,18,19). The van der Waals surface area contributed by atoms with Gasteiger partial charge in [0.2, 0.25) is 0 Å². The summed E-state index contributed by atoms with van der Waals surface area (Å²) in [5.41, 5.74) is 2.31. The first-order valence-electron chi connectivity index (χ1n) is 6.71. The van der Waals surface area contributed by atoms with Crippen LogP contribution in [-0.4, -0.2) is 18.1 Å². The third-order valence-corrected chi connectivity index (χ3v) is 3.09.